The molecule has 0 radical (unpaired) electrons. The second-order valence-corrected chi connectivity index (χ2v) is 6.73. The first-order chi connectivity index (χ1) is 13.6. The molecule has 1 N–H and O–H groups in total. The first kappa shape index (κ1) is 17.9. The maximum absolute atomic E-state index is 13.0. The largest absolute Gasteiger partial charge is 0.322 e. The van der Waals surface area contributed by atoms with Crippen molar-refractivity contribution in [2.75, 3.05) is 16.8 Å². The third kappa shape index (κ3) is 3.64. The average Bonchev–Trinajstić information content (AvgIpc) is 2.73. The van der Waals surface area contributed by atoms with Crippen molar-refractivity contribution < 1.29 is 14.0 Å². The molecule has 1 heterocycles. The summed E-state index contributed by atoms with van der Waals surface area (Å²) in [4.78, 5) is 27.0. The fraction of sp³-hybridized carbons (Fsp3) is 0.130. The summed E-state index contributed by atoms with van der Waals surface area (Å²) in [5.41, 5.74) is 3.60. The highest BCUT2D eigenvalue weighted by Crippen LogP contribution is 2.31. The zero-order valence-corrected chi connectivity index (χ0v) is 15.2. The van der Waals surface area contributed by atoms with Gasteiger partial charge in [-0.2, -0.15) is 0 Å². The van der Waals surface area contributed by atoms with Crippen LogP contribution in [0.3, 0.4) is 0 Å². The Balaban J connectivity index is 1.55. The smallest absolute Gasteiger partial charge is 0.258 e. The minimum Gasteiger partial charge on any atom is -0.322 e. The Morgan fingerprint density at radius 3 is 2.39 bits per heavy atom. The predicted molar refractivity (Wildman–Crippen MR) is 107 cm³/mol. The van der Waals surface area contributed by atoms with Gasteiger partial charge in [-0.3, -0.25) is 9.59 Å². The molecule has 5 heteroatoms. The summed E-state index contributed by atoms with van der Waals surface area (Å²) in [7, 11) is 0. The van der Waals surface area contributed by atoms with Gasteiger partial charge in [0.1, 0.15) is 5.82 Å². The van der Waals surface area contributed by atoms with Gasteiger partial charge in [-0.1, -0.05) is 18.2 Å². The summed E-state index contributed by atoms with van der Waals surface area (Å²) in [5, 5.41) is 2.84. The molecule has 0 spiro atoms. The molecular weight excluding hydrogens is 355 g/mol. The van der Waals surface area contributed by atoms with Crippen LogP contribution >= 0.6 is 0 Å². The third-order valence-electron chi connectivity index (χ3n) is 4.83. The van der Waals surface area contributed by atoms with E-state index in [0.717, 1.165) is 24.1 Å². The van der Waals surface area contributed by atoms with Crippen LogP contribution in [0.1, 0.15) is 32.7 Å². The van der Waals surface area contributed by atoms with Gasteiger partial charge in [0.05, 0.1) is 0 Å². The number of carbonyl (C=O) groups excluding carboxylic acids is 2. The van der Waals surface area contributed by atoms with Crippen molar-refractivity contribution in [1.82, 2.24) is 0 Å². The average molecular weight is 374 g/mol. The molecule has 4 nitrogen and oxygen atoms in total. The molecule has 140 valence electrons. The van der Waals surface area contributed by atoms with Crippen LogP contribution in [0, 0.1) is 5.82 Å². The Kier molecular flexibility index (Phi) is 4.89. The molecule has 0 saturated carbocycles. The van der Waals surface area contributed by atoms with Crippen molar-refractivity contribution in [2.45, 2.75) is 12.8 Å². The van der Waals surface area contributed by atoms with Crippen LogP contribution < -0.4 is 10.2 Å². The van der Waals surface area contributed by atoms with Crippen LogP contribution in [0.25, 0.3) is 0 Å². The van der Waals surface area contributed by atoms with E-state index >= 15 is 0 Å². The summed E-state index contributed by atoms with van der Waals surface area (Å²) in [6.45, 7) is 0.669. The zero-order valence-electron chi connectivity index (χ0n) is 15.2. The first-order valence-corrected chi connectivity index (χ1v) is 9.18. The molecule has 3 aromatic carbocycles. The minimum absolute atomic E-state index is 0.0235. The lowest BCUT2D eigenvalue weighted by Gasteiger charge is -2.30. The van der Waals surface area contributed by atoms with Crippen molar-refractivity contribution >= 4 is 23.2 Å². The molecule has 1 aliphatic rings. The number of hydrogen-bond donors (Lipinski definition) is 1. The summed E-state index contributed by atoms with van der Waals surface area (Å²) < 4.78 is 13.0. The van der Waals surface area contributed by atoms with Crippen molar-refractivity contribution in [3.8, 4) is 0 Å². The van der Waals surface area contributed by atoms with Crippen LogP contribution in [0.4, 0.5) is 15.8 Å². The number of amides is 2. The van der Waals surface area contributed by atoms with E-state index in [1.807, 2.05) is 42.5 Å². The lowest BCUT2D eigenvalue weighted by Crippen LogP contribution is -2.35. The highest BCUT2D eigenvalue weighted by atomic mass is 19.1. The van der Waals surface area contributed by atoms with Gasteiger partial charge in [-0.25, -0.2) is 4.39 Å². The normalized spacial score (nSPS) is 13.0. The first-order valence-electron chi connectivity index (χ1n) is 9.18. The van der Waals surface area contributed by atoms with Crippen LogP contribution in [0.15, 0.2) is 72.8 Å². The molecule has 2 amide bonds. The molecule has 3 aromatic rings. The predicted octanol–water partition coefficient (Wildman–Crippen LogP) is 4.67. The fourth-order valence-corrected chi connectivity index (χ4v) is 3.43. The number of carbonyl (C=O) groups is 2. The number of aryl methyl sites for hydroxylation is 1. The van der Waals surface area contributed by atoms with Gasteiger partial charge in [0, 0.05) is 29.0 Å². The van der Waals surface area contributed by atoms with Crippen LogP contribution in [0.5, 0.6) is 0 Å². The van der Waals surface area contributed by atoms with Gasteiger partial charge >= 0.3 is 0 Å². The summed E-state index contributed by atoms with van der Waals surface area (Å²) in [6.07, 6.45) is 1.70. The quantitative estimate of drug-likeness (QED) is 0.724. The van der Waals surface area contributed by atoms with Gasteiger partial charge in [0.2, 0.25) is 0 Å². The molecule has 0 atom stereocenters. The van der Waals surface area contributed by atoms with E-state index in [1.165, 1.54) is 24.3 Å². The molecule has 0 aromatic heterocycles. The van der Waals surface area contributed by atoms with Crippen molar-refractivity contribution in [3.05, 3.63) is 95.3 Å². The molecule has 0 unspecified atom stereocenters. The molecule has 0 bridgehead atoms. The van der Waals surface area contributed by atoms with E-state index in [4.69, 9.17) is 0 Å². The summed E-state index contributed by atoms with van der Waals surface area (Å²) >= 11 is 0. The topological polar surface area (TPSA) is 49.4 Å². The Morgan fingerprint density at radius 2 is 1.64 bits per heavy atom. The fourth-order valence-electron chi connectivity index (χ4n) is 3.43. The molecule has 0 saturated heterocycles. The molecular formula is C23H19FN2O2. The van der Waals surface area contributed by atoms with Crippen molar-refractivity contribution in [2.24, 2.45) is 0 Å². The van der Waals surface area contributed by atoms with Crippen molar-refractivity contribution in [1.29, 1.82) is 0 Å². The van der Waals surface area contributed by atoms with Gasteiger partial charge in [0.25, 0.3) is 11.8 Å². The standard InChI is InChI=1S/C23H19FN2O2/c24-19-10-8-16(9-11-19)22(27)25-20-12-13-21-18(15-20)7-4-14-26(21)23(28)17-5-2-1-3-6-17/h1-3,5-6,8-13,15H,4,7,14H2,(H,25,27). The molecule has 0 aliphatic carbocycles. The number of benzene rings is 3. The summed E-state index contributed by atoms with van der Waals surface area (Å²) in [6, 6.07) is 20.2. The maximum atomic E-state index is 13.0. The second-order valence-electron chi connectivity index (χ2n) is 6.73. The van der Waals surface area contributed by atoms with E-state index in [-0.39, 0.29) is 17.6 Å². The van der Waals surface area contributed by atoms with Crippen molar-refractivity contribution in [3.63, 3.8) is 0 Å². The molecule has 0 fully saturated rings. The maximum Gasteiger partial charge on any atom is 0.258 e. The lowest BCUT2D eigenvalue weighted by molar-refractivity contribution is 0.0983. The Bertz CT molecular complexity index is 1020. The Hall–Kier alpha value is -3.47. The van der Waals surface area contributed by atoms with E-state index in [1.54, 1.807) is 11.0 Å². The highest BCUT2D eigenvalue weighted by Gasteiger charge is 2.23. The number of anilines is 2. The number of hydrogen-bond acceptors (Lipinski definition) is 2. The van der Waals surface area contributed by atoms with Crippen LogP contribution in [-0.2, 0) is 6.42 Å². The van der Waals surface area contributed by atoms with Crippen LogP contribution in [-0.4, -0.2) is 18.4 Å². The zero-order chi connectivity index (χ0) is 19.5. The number of nitrogens with one attached hydrogen (secondary N) is 1. The monoisotopic (exact) mass is 374 g/mol. The molecule has 4 rings (SSSR count). The Labute approximate surface area is 162 Å². The van der Waals surface area contributed by atoms with Crippen LogP contribution in [0.2, 0.25) is 0 Å². The number of fused-ring (bicyclic) bond motifs is 1. The number of nitrogens with zero attached hydrogens (tertiary/aromatic N) is 1. The molecule has 1 aliphatic heterocycles. The summed E-state index contributed by atoms with van der Waals surface area (Å²) in [5.74, 6) is -0.703. The van der Waals surface area contributed by atoms with E-state index in [2.05, 4.69) is 5.32 Å². The third-order valence-corrected chi connectivity index (χ3v) is 4.83. The van der Waals surface area contributed by atoms with E-state index < -0.39 is 0 Å². The lowest BCUT2D eigenvalue weighted by atomic mass is 10.00. The van der Waals surface area contributed by atoms with E-state index in [0.29, 0.717) is 23.4 Å². The van der Waals surface area contributed by atoms with Gasteiger partial charge in [0.15, 0.2) is 0 Å². The molecule has 28 heavy (non-hydrogen) atoms. The number of rotatable bonds is 3. The Morgan fingerprint density at radius 1 is 0.893 bits per heavy atom. The highest BCUT2D eigenvalue weighted by molar-refractivity contribution is 6.07. The van der Waals surface area contributed by atoms with Gasteiger partial charge < -0.3 is 10.2 Å². The SMILES string of the molecule is O=C(Nc1ccc2c(c1)CCCN2C(=O)c1ccccc1)c1ccc(F)cc1. The van der Waals surface area contributed by atoms with Gasteiger partial charge in [-0.05, 0) is 73.0 Å². The minimum atomic E-state index is -0.381. The second kappa shape index (κ2) is 7.64. The van der Waals surface area contributed by atoms with Gasteiger partial charge in [-0.15, -0.1) is 0 Å². The number of halogens is 1. The van der Waals surface area contributed by atoms with E-state index in [9.17, 15) is 14.0 Å².